The first kappa shape index (κ1) is 16.7. The summed E-state index contributed by atoms with van der Waals surface area (Å²) in [7, 11) is -3.45. The second kappa shape index (κ2) is 6.88. The maximum atomic E-state index is 12.9. The van der Waals surface area contributed by atoms with Gasteiger partial charge in [-0.25, -0.2) is 8.42 Å². The van der Waals surface area contributed by atoms with Gasteiger partial charge < -0.3 is 4.74 Å². The fourth-order valence-electron chi connectivity index (χ4n) is 3.68. The largest absolute Gasteiger partial charge is 0.378 e. The lowest BCUT2D eigenvalue weighted by Crippen LogP contribution is -2.64. The van der Waals surface area contributed by atoms with Crippen LogP contribution in [0.5, 0.6) is 0 Å². The van der Waals surface area contributed by atoms with Crippen LogP contribution in [-0.2, 0) is 21.3 Å². The molecule has 0 spiro atoms. The molecular weight excluding hydrogens is 336 g/mol. The van der Waals surface area contributed by atoms with Gasteiger partial charge in [-0.15, -0.1) is 0 Å². The highest BCUT2D eigenvalue weighted by Gasteiger charge is 2.42. The molecule has 2 bridgehead atoms. The van der Waals surface area contributed by atoms with Crippen molar-refractivity contribution < 1.29 is 13.2 Å². The summed E-state index contributed by atoms with van der Waals surface area (Å²) in [6.07, 6.45) is 0. The molecule has 2 saturated heterocycles. The molecule has 5 nitrogen and oxygen atoms in total. The average molecular weight is 358 g/mol. The van der Waals surface area contributed by atoms with Gasteiger partial charge in [0.25, 0.3) is 0 Å². The molecule has 2 atom stereocenters. The molecule has 2 heterocycles. The van der Waals surface area contributed by atoms with E-state index in [1.54, 1.807) is 28.6 Å². The van der Waals surface area contributed by atoms with Gasteiger partial charge in [-0.1, -0.05) is 48.5 Å². The van der Waals surface area contributed by atoms with Crippen molar-refractivity contribution in [1.82, 2.24) is 9.21 Å². The van der Waals surface area contributed by atoms with Gasteiger partial charge >= 0.3 is 0 Å². The smallest absolute Gasteiger partial charge is 0.243 e. The topological polar surface area (TPSA) is 49.9 Å². The molecule has 4 rings (SSSR count). The number of rotatable bonds is 4. The Bertz CT molecular complexity index is 797. The van der Waals surface area contributed by atoms with E-state index in [2.05, 4.69) is 17.0 Å². The highest BCUT2D eigenvalue weighted by atomic mass is 32.2. The van der Waals surface area contributed by atoms with E-state index in [9.17, 15) is 8.42 Å². The van der Waals surface area contributed by atoms with E-state index in [1.807, 2.05) is 24.3 Å². The third-order valence-electron chi connectivity index (χ3n) is 4.98. The van der Waals surface area contributed by atoms with Crippen LogP contribution in [-0.4, -0.2) is 56.0 Å². The zero-order valence-electron chi connectivity index (χ0n) is 14.0. The van der Waals surface area contributed by atoms with Gasteiger partial charge in [0.1, 0.15) is 0 Å². The number of morpholine rings is 1. The van der Waals surface area contributed by atoms with Crippen molar-refractivity contribution in [3.8, 4) is 0 Å². The van der Waals surface area contributed by atoms with Crippen LogP contribution >= 0.6 is 0 Å². The summed E-state index contributed by atoms with van der Waals surface area (Å²) in [5.74, 6) is 0. The lowest BCUT2D eigenvalue weighted by molar-refractivity contribution is -0.0858. The number of sulfonamides is 1. The monoisotopic (exact) mass is 358 g/mol. The Hall–Kier alpha value is -1.73. The Balaban J connectivity index is 1.55. The summed E-state index contributed by atoms with van der Waals surface area (Å²) >= 11 is 0. The molecule has 132 valence electrons. The quantitative estimate of drug-likeness (QED) is 0.838. The molecule has 2 aromatic rings. The average Bonchev–Trinajstić information content (AvgIpc) is 2.63. The summed E-state index contributed by atoms with van der Waals surface area (Å²) < 4.78 is 33.2. The Labute approximate surface area is 148 Å². The maximum absolute atomic E-state index is 12.9. The van der Waals surface area contributed by atoms with Crippen LogP contribution in [0.2, 0.25) is 0 Å². The van der Waals surface area contributed by atoms with Crippen LogP contribution in [0.15, 0.2) is 65.6 Å². The fraction of sp³-hybridized carbons (Fsp3) is 0.368. The van der Waals surface area contributed by atoms with Crippen molar-refractivity contribution in [2.45, 2.75) is 23.5 Å². The summed E-state index contributed by atoms with van der Waals surface area (Å²) in [5.41, 5.74) is 1.25. The van der Waals surface area contributed by atoms with Gasteiger partial charge in [-0.2, -0.15) is 4.31 Å². The van der Waals surface area contributed by atoms with Crippen molar-refractivity contribution in [2.75, 3.05) is 26.3 Å². The minimum Gasteiger partial charge on any atom is -0.378 e. The number of hydrogen-bond donors (Lipinski definition) is 0. The van der Waals surface area contributed by atoms with Crippen LogP contribution in [0.3, 0.4) is 0 Å². The SMILES string of the molecule is O=S(=O)(c1ccccc1)N1CC2COCC(C1)N2Cc1ccccc1. The Morgan fingerprint density at radius 3 is 2.04 bits per heavy atom. The van der Waals surface area contributed by atoms with E-state index < -0.39 is 10.0 Å². The third-order valence-corrected chi connectivity index (χ3v) is 6.82. The van der Waals surface area contributed by atoms with Gasteiger partial charge in [-0.3, -0.25) is 4.90 Å². The molecule has 2 aliphatic rings. The number of nitrogens with zero attached hydrogens (tertiary/aromatic N) is 2. The normalized spacial score (nSPS) is 25.0. The lowest BCUT2D eigenvalue weighted by Gasteiger charge is -2.49. The van der Waals surface area contributed by atoms with Crippen molar-refractivity contribution in [3.05, 3.63) is 66.2 Å². The second-order valence-corrected chi connectivity index (χ2v) is 8.58. The van der Waals surface area contributed by atoms with Crippen molar-refractivity contribution in [1.29, 1.82) is 0 Å². The van der Waals surface area contributed by atoms with Gasteiger partial charge in [0, 0.05) is 31.7 Å². The molecular formula is C19H22N2O3S. The molecule has 6 heteroatoms. The summed E-state index contributed by atoms with van der Waals surface area (Å²) in [6, 6.07) is 19.2. The van der Waals surface area contributed by atoms with Gasteiger partial charge in [0.05, 0.1) is 18.1 Å². The number of benzene rings is 2. The van der Waals surface area contributed by atoms with E-state index in [1.165, 1.54) is 5.56 Å². The molecule has 0 radical (unpaired) electrons. The lowest BCUT2D eigenvalue weighted by atomic mass is 10.0. The predicted molar refractivity (Wildman–Crippen MR) is 95.6 cm³/mol. The van der Waals surface area contributed by atoms with Crippen LogP contribution in [0, 0.1) is 0 Å². The fourth-order valence-corrected chi connectivity index (χ4v) is 5.22. The highest BCUT2D eigenvalue weighted by molar-refractivity contribution is 7.89. The molecule has 25 heavy (non-hydrogen) atoms. The van der Waals surface area contributed by atoms with Crippen molar-refractivity contribution in [3.63, 3.8) is 0 Å². The van der Waals surface area contributed by atoms with Crippen molar-refractivity contribution in [2.24, 2.45) is 0 Å². The third kappa shape index (κ3) is 3.35. The zero-order chi connectivity index (χ0) is 17.3. The Morgan fingerprint density at radius 1 is 0.880 bits per heavy atom. The molecule has 0 saturated carbocycles. The summed E-state index contributed by atoms with van der Waals surface area (Å²) in [5, 5.41) is 0. The predicted octanol–water partition coefficient (Wildman–Crippen LogP) is 1.96. The van der Waals surface area contributed by atoms with Crippen LogP contribution in [0.1, 0.15) is 5.56 Å². The van der Waals surface area contributed by atoms with Gasteiger partial charge in [0.2, 0.25) is 10.0 Å². The first-order valence-electron chi connectivity index (χ1n) is 8.57. The molecule has 0 N–H and O–H groups in total. The number of hydrogen-bond acceptors (Lipinski definition) is 4. The van der Waals surface area contributed by atoms with Crippen molar-refractivity contribution >= 4 is 10.0 Å². The Morgan fingerprint density at radius 2 is 1.44 bits per heavy atom. The molecule has 2 unspecified atom stereocenters. The number of fused-ring (bicyclic) bond motifs is 2. The molecule has 2 aliphatic heterocycles. The van der Waals surface area contributed by atoms with E-state index >= 15 is 0 Å². The maximum Gasteiger partial charge on any atom is 0.243 e. The van der Waals surface area contributed by atoms with E-state index in [4.69, 9.17) is 4.74 Å². The Kier molecular flexibility index (Phi) is 4.60. The summed E-state index contributed by atoms with van der Waals surface area (Å²) in [4.78, 5) is 2.76. The molecule has 2 fully saturated rings. The van der Waals surface area contributed by atoms with E-state index in [-0.39, 0.29) is 12.1 Å². The van der Waals surface area contributed by atoms with Gasteiger partial charge in [-0.05, 0) is 17.7 Å². The minimum atomic E-state index is -3.45. The molecule has 2 aromatic carbocycles. The molecule has 0 aromatic heterocycles. The van der Waals surface area contributed by atoms with Crippen LogP contribution in [0.25, 0.3) is 0 Å². The van der Waals surface area contributed by atoms with Gasteiger partial charge in [0.15, 0.2) is 0 Å². The molecule has 0 aliphatic carbocycles. The van der Waals surface area contributed by atoms with Crippen LogP contribution in [0.4, 0.5) is 0 Å². The zero-order valence-corrected chi connectivity index (χ0v) is 14.8. The second-order valence-electron chi connectivity index (χ2n) is 6.64. The van der Waals surface area contributed by atoms with E-state index in [0.717, 1.165) is 6.54 Å². The van der Waals surface area contributed by atoms with Crippen LogP contribution < -0.4 is 0 Å². The minimum absolute atomic E-state index is 0.0891. The molecule has 0 amide bonds. The number of piperazine rings is 1. The summed E-state index contributed by atoms with van der Waals surface area (Å²) in [6.45, 7) is 2.92. The number of ether oxygens (including phenoxy) is 1. The van der Waals surface area contributed by atoms with E-state index in [0.29, 0.717) is 31.2 Å². The first-order valence-corrected chi connectivity index (χ1v) is 10.0. The first-order chi connectivity index (χ1) is 12.1. The highest BCUT2D eigenvalue weighted by Crippen LogP contribution is 2.27. The standard InChI is InChI=1S/C19H22N2O3S/c22-25(23,19-9-5-2-6-10-19)20-12-17-14-24-15-18(13-20)21(17)11-16-7-3-1-4-8-16/h1-10,17-18H,11-15H2.